The summed E-state index contributed by atoms with van der Waals surface area (Å²) >= 11 is 1.77. The van der Waals surface area contributed by atoms with Crippen LogP contribution in [0.2, 0.25) is 0 Å². The Kier molecular flexibility index (Phi) is 5.37. The molecule has 0 aliphatic carbocycles. The van der Waals surface area contributed by atoms with Gasteiger partial charge in [-0.1, -0.05) is 34.1 Å². The first-order valence-corrected chi connectivity index (χ1v) is 8.34. The average Bonchev–Trinajstić information content (AvgIpc) is 2.90. The minimum absolute atomic E-state index is 0.632. The second-order valence-corrected chi connectivity index (χ2v) is 7.08. The summed E-state index contributed by atoms with van der Waals surface area (Å²) in [4.78, 5) is 8.25. The van der Waals surface area contributed by atoms with Crippen molar-refractivity contribution >= 4 is 11.3 Å². The molecule has 2 heterocycles. The monoisotopic (exact) mass is 281 g/mol. The first-order chi connectivity index (χ1) is 9.11. The van der Waals surface area contributed by atoms with Gasteiger partial charge in [-0.15, -0.1) is 11.3 Å². The Hall–Kier alpha value is -0.450. The first kappa shape index (κ1) is 14.9. The lowest BCUT2D eigenvalue weighted by Crippen LogP contribution is -2.59. The van der Waals surface area contributed by atoms with E-state index >= 15 is 0 Å². The van der Waals surface area contributed by atoms with Crippen LogP contribution in [0.3, 0.4) is 0 Å². The molecule has 4 heteroatoms. The van der Waals surface area contributed by atoms with E-state index in [2.05, 4.69) is 42.9 Å². The largest absolute Gasteiger partial charge is 0.311 e. The molecule has 1 aromatic heterocycles. The standard InChI is InChI=1S/C15H27N3S/c1-5-12(4)14-9-18(8-13-6-16-10-19-13)15(7-17-14)11(2)3/h6,10-12,14-15,17H,5,7-9H2,1-4H3. The maximum atomic E-state index is 4.20. The van der Waals surface area contributed by atoms with Gasteiger partial charge in [0.25, 0.3) is 0 Å². The van der Waals surface area contributed by atoms with E-state index in [0.29, 0.717) is 18.0 Å². The van der Waals surface area contributed by atoms with Crippen LogP contribution in [0.5, 0.6) is 0 Å². The van der Waals surface area contributed by atoms with E-state index in [1.165, 1.54) is 11.3 Å². The number of hydrogen-bond acceptors (Lipinski definition) is 4. The van der Waals surface area contributed by atoms with E-state index < -0.39 is 0 Å². The normalized spacial score (nSPS) is 26.8. The van der Waals surface area contributed by atoms with Crippen LogP contribution in [0.1, 0.15) is 39.0 Å². The second kappa shape index (κ2) is 6.82. The summed E-state index contributed by atoms with van der Waals surface area (Å²) in [7, 11) is 0. The van der Waals surface area contributed by atoms with Crippen LogP contribution in [0, 0.1) is 11.8 Å². The Morgan fingerprint density at radius 3 is 2.84 bits per heavy atom. The quantitative estimate of drug-likeness (QED) is 0.899. The zero-order valence-corrected chi connectivity index (χ0v) is 13.4. The van der Waals surface area contributed by atoms with Crippen LogP contribution >= 0.6 is 11.3 Å². The van der Waals surface area contributed by atoms with Gasteiger partial charge < -0.3 is 5.32 Å². The molecule has 0 aromatic carbocycles. The second-order valence-electron chi connectivity index (χ2n) is 6.11. The van der Waals surface area contributed by atoms with Crippen molar-refractivity contribution in [1.82, 2.24) is 15.2 Å². The van der Waals surface area contributed by atoms with E-state index in [1.807, 2.05) is 11.7 Å². The van der Waals surface area contributed by atoms with Gasteiger partial charge in [0, 0.05) is 42.8 Å². The molecule has 3 unspecified atom stereocenters. The van der Waals surface area contributed by atoms with Gasteiger partial charge >= 0.3 is 0 Å². The van der Waals surface area contributed by atoms with Gasteiger partial charge in [0.15, 0.2) is 0 Å². The first-order valence-electron chi connectivity index (χ1n) is 7.46. The highest BCUT2D eigenvalue weighted by atomic mass is 32.1. The van der Waals surface area contributed by atoms with Crippen LogP contribution in [0.4, 0.5) is 0 Å². The van der Waals surface area contributed by atoms with Crippen molar-refractivity contribution in [3.05, 3.63) is 16.6 Å². The number of piperazine rings is 1. The zero-order valence-electron chi connectivity index (χ0n) is 12.6. The lowest BCUT2D eigenvalue weighted by molar-refractivity contribution is 0.0761. The van der Waals surface area contributed by atoms with E-state index in [9.17, 15) is 0 Å². The summed E-state index contributed by atoms with van der Waals surface area (Å²) in [5, 5.41) is 3.76. The zero-order chi connectivity index (χ0) is 13.8. The number of aromatic nitrogens is 1. The van der Waals surface area contributed by atoms with Crippen molar-refractivity contribution in [2.24, 2.45) is 11.8 Å². The SMILES string of the molecule is CCC(C)C1CN(Cc2cncs2)C(C(C)C)CN1. The van der Waals surface area contributed by atoms with Crippen molar-refractivity contribution < 1.29 is 0 Å². The van der Waals surface area contributed by atoms with Crippen molar-refractivity contribution in [1.29, 1.82) is 0 Å². The van der Waals surface area contributed by atoms with Gasteiger partial charge in [-0.2, -0.15) is 0 Å². The molecule has 1 N–H and O–H groups in total. The fraction of sp³-hybridized carbons (Fsp3) is 0.800. The van der Waals surface area contributed by atoms with Crippen molar-refractivity contribution in [3.63, 3.8) is 0 Å². The molecule has 0 radical (unpaired) electrons. The van der Waals surface area contributed by atoms with E-state index in [-0.39, 0.29) is 0 Å². The van der Waals surface area contributed by atoms with Crippen molar-refractivity contribution in [2.45, 2.75) is 52.7 Å². The smallest absolute Gasteiger partial charge is 0.0794 e. The maximum absolute atomic E-state index is 4.20. The van der Waals surface area contributed by atoms with Gasteiger partial charge in [0.1, 0.15) is 0 Å². The van der Waals surface area contributed by atoms with Gasteiger partial charge in [0.05, 0.1) is 5.51 Å². The minimum Gasteiger partial charge on any atom is -0.311 e. The average molecular weight is 281 g/mol. The lowest BCUT2D eigenvalue weighted by atomic mass is 9.92. The molecule has 108 valence electrons. The summed E-state index contributed by atoms with van der Waals surface area (Å²) < 4.78 is 0. The van der Waals surface area contributed by atoms with Crippen LogP contribution < -0.4 is 5.32 Å². The fourth-order valence-corrected chi connectivity index (χ4v) is 3.50. The van der Waals surface area contributed by atoms with E-state index in [4.69, 9.17) is 0 Å². The molecular weight excluding hydrogens is 254 g/mol. The molecule has 0 spiro atoms. The molecule has 0 saturated carbocycles. The number of thiazole rings is 1. The Bertz CT molecular complexity index is 363. The lowest BCUT2D eigenvalue weighted by Gasteiger charge is -2.44. The van der Waals surface area contributed by atoms with Crippen LogP contribution in [-0.2, 0) is 6.54 Å². The Morgan fingerprint density at radius 1 is 1.47 bits per heavy atom. The molecule has 19 heavy (non-hydrogen) atoms. The minimum atomic E-state index is 0.632. The molecule has 2 rings (SSSR count). The third-order valence-electron chi connectivity index (χ3n) is 4.43. The summed E-state index contributed by atoms with van der Waals surface area (Å²) in [6, 6.07) is 1.27. The highest BCUT2D eigenvalue weighted by molar-refractivity contribution is 7.09. The predicted octanol–water partition coefficient (Wildman–Crippen LogP) is 2.99. The van der Waals surface area contributed by atoms with Crippen LogP contribution in [0.25, 0.3) is 0 Å². The van der Waals surface area contributed by atoms with Crippen molar-refractivity contribution in [2.75, 3.05) is 13.1 Å². The Labute approximate surface area is 121 Å². The fourth-order valence-electron chi connectivity index (χ4n) is 2.88. The molecule has 3 nitrogen and oxygen atoms in total. The third kappa shape index (κ3) is 3.77. The van der Waals surface area contributed by atoms with Gasteiger partial charge in [0.2, 0.25) is 0 Å². The van der Waals surface area contributed by atoms with E-state index in [0.717, 1.165) is 25.6 Å². The molecule has 1 fully saturated rings. The highest BCUT2D eigenvalue weighted by Crippen LogP contribution is 2.22. The topological polar surface area (TPSA) is 28.2 Å². The molecule has 0 amide bonds. The van der Waals surface area contributed by atoms with Gasteiger partial charge in [-0.05, 0) is 11.8 Å². The molecule has 1 aliphatic rings. The predicted molar refractivity (Wildman–Crippen MR) is 82.4 cm³/mol. The number of rotatable bonds is 5. The molecule has 1 aromatic rings. The molecule has 3 atom stereocenters. The summed E-state index contributed by atoms with van der Waals surface area (Å²) in [6.07, 6.45) is 3.26. The van der Waals surface area contributed by atoms with Gasteiger partial charge in [-0.3, -0.25) is 9.88 Å². The summed E-state index contributed by atoms with van der Waals surface area (Å²) in [5.41, 5.74) is 1.94. The molecule has 1 saturated heterocycles. The Balaban J connectivity index is 2.04. The van der Waals surface area contributed by atoms with Crippen LogP contribution in [-0.4, -0.2) is 35.1 Å². The van der Waals surface area contributed by atoms with E-state index in [1.54, 1.807) is 11.3 Å². The number of nitrogens with zero attached hydrogens (tertiary/aromatic N) is 2. The number of nitrogens with one attached hydrogen (secondary N) is 1. The Morgan fingerprint density at radius 2 is 2.26 bits per heavy atom. The van der Waals surface area contributed by atoms with Gasteiger partial charge in [-0.25, -0.2) is 0 Å². The maximum Gasteiger partial charge on any atom is 0.0794 e. The van der Waals surface area contributed by atoms with Crippen molar-refractivity contribution in [3.8, 4) is 0 Å². The summed E-state index contributed by atoms with van der Waals surface area (Å²) in [5.74, 6) is 1.44. The summed E-state index contributed by atoms with van der Waals surface area (Å²) in [6.45, 7) is 12.6. The third-order valence-corrected chi connectivity index (χ3v) is 5.20. The van der Waals surface area contributed by atoms with Crippen LogP contribution in [0.15, 0.2) is 11.7 Å². The molecule has 1 aliphatic heterocycles. The highest BCUT2D eigenvalue weighted by Gasteiger charge is 2.31. The number of hydrogen-bond donors (Lipinski definition) is 1. The molecular formula is C15H27N3S. The molecule has 0 bridgehead atoms.